The number of likely N-dealkylation sites (N-methyl/N-ethyl adjacent to an activating group) is 1. The third kappa shape index (κ3) is 2.96. The van der Waals surface area contributed by atoms with Crippen LogP contribution in [0.5, 0.6) is 0 Å². The van der Waals surface area contributed by atoms with Gasteiger partial charge in [-0.05, 0) is 51.7 Å². The molecule has 1 saturated carbocycles. The lowest BCUT2D eigenvalue weighted by Gasteiger charge is -2.32. The third-order valence-corrected chi connectivity index (χ3v) is 3.43. The molecule has 0 amide bonds. The van der Waals surface area contributed by atoms with Gasteiger partial charge in [0.2, 0.25) is 0 Å². The van der Waals surface area contributed by atoms with Crippen molar-refractivity contribution < 1.29 is 0 Å². The maximum Gasteiger partial charge on any atom is 0.0217 e. The van der Waals surface area contributed by atoms with Crippen molar-refractivity contribution in [2.75, 3.05) is 26.7 Å². The highest BCUT2D eigenvalue weighted by molar-refractivity contribution is 4.79. The molecule has 0 spiro atoms. The summed E-state index contributed by atoms with van der Waals surface area (Å²) in [6.07, 6.45) is 7.16. The van der Waals surface area contributed by atoms with Gasteiger partial charge in [-0.1, -0.05) is 6.42 Å². The molecule has 0 bridgehead atoms. The molecule has 0 aromatic rings. The number of nitrogens with zero attached hydrogens (tertiary/aromatic N) is 1. The van der Waals surface area contributed by atoms with E-state index in [9.17, 15) is 0 Å². The number of hydrogen-bond donors (Lipinski definition) is 1. The molecule has 1 saturated heterocycles. The Bertz CT molecular complexity index is 154. The van der Waals surface area contributed by atoms with Crippen LogP contribution in [0.15, 0.2) is 0 Å². The Kier molecular flexibility index (Phi) is 3.23. The van der Waals surface area contributed by atoms with Gasteiger partial charge in [-0.3, -0.25) is 0 Å². The van der Waals surface area contributed by atoms with Gasteiger partial charge in [0.15, 0.2) is 0 Å². The standard InChI is InChI=1S/C11H22N2/c1-13-7-3-2-4-11(13)9-12-8-10-5-6-10/h10-12H,2-9H2,1H3. The van der Waals surface area contributed by atoms with Gasteiger partial charge >= 0.3 is 0 Å². The topological polar surface area (TPSA) is 15.3 Å². The normalized spacial score (nSPS) is 30.7. The van der Waals surface area contributed by atoms with Gasteiger partial charge in [0.1, 0.15) is 0 Å². The molecule has 1 atom stereocenters. The molecule has 2 rings (SSSR count). The quantitative estimate of drug-likeness (QED) is 0.708. The summed E-state index contributed by atoms with van der Waals surface area (Å²) in [5.74, 6) is 1.02. The van der Waals surface area contributed by atoms with E-state index in [1.54, 1.807) is 0 Å². The zero-order chi connectivity index (χ0) is 9.10. The Labute approximate surface area is 81.7 Å². The van der Waals surface area contributed by atoms with Gasteiger partial charge in [-0.15, -0.1) is 0 Å². The van der Waals surface area contributed by atoms with Crippen molar-refractivity contribution in [2.45, 2.75) is 38.1 Å². The molecule has 2 aliphatic rings. The fourth-order valence-corrected chi connectivity index (χ4v) is 2.18. The first-order valence-electron chi connectivity index (χ1n) is 5.77. The molecule has 1 aliphatic heterocycles. The van der Waals surface area contributed by atoms with Crippen LogP contribution in [0, 0.1) is 5.92 Å². The maximum absolute atomic E-state index is 3.61. The van der Waals surface area contributed by atoms with E-state index in [2.05, 4.69) is 17.3 Å². The van der Waals surface area contributed by atoms with Crippen LogP contribution in [0.3, 0.4) is 0 Å². The minimum atomic E-state index is 0.812. The van der Waals surface area contributed by atoms with Crippen LogP contribution in [0.25, 0.3) is 0 Å². The Hall–Kier alpha value is -0.0800. The molecule has 13 heavy (non-hydrogen) atoms. The molecule has 1 unspecified atom stereocenters. The zero-order valence-corrected chi connectivity index (χ0v) is 8.76. The van der Waals surface area contributed by atoms with Gasteiger partial charge < -0.3 is 10.2 Å². The van der Waals surface area contributed by atoms with Crippen LogP contribution in [0.1, 0.15) is 32.1 Å². The monoisotopic (exact) mass is 182 g/mol. The van der Waals surface area contributed by atoms with E-state index in [-0.39, 0.29) is 0 Å². The molecular weight excluding hydrogens is 160 g/mol. The minimum Gasteiger partial charge on any atom is -0.315 e. The molecule has 0 radical (unpaired) electrons. The smallest absolute Gasteiger partial charge is 0.0217 e. The Morgan fingerprint density at radius 1 is 1.15 bits per heavy atom. The molecule has 0 aromatic heterocycles. The maximum atomic E-state index is 3.61. The van der Waals surface area contributed by atoms with Crippen LogP contribution in [-0.2, 0) is 0 Å². The second-order valence-corrected chi connectivity index (χ2v) is 4.73. The first-order chi connectivity index (χ1) is 6.36. The molecule has 0 aromatic carbocycles. The third-order valence-electron chi connectivity index (χ3n) is 3.43. The fraction of sp³-hybridized carbons (Fsp3) is 1.00. The van der Waals surface area contributed by atoms with Gasteiger partial charge in [0.25, 0.3) is 0 Å². The van der Waals surface area contributed by atoms with Crippen LogP contribution in [0.2, 0.25) is 0 Å². The van der Waals surface area contributed by atoms with E-state index in [1.165, 1.54) is 51.7 Å². The van der Waals surface area contributed by atoms with Crippen LogP contribution in [0.4, 0.5) is 0 Å². The van der Waals surface area contributed by atoms with Crippen molar-refractivity contribution in [3.63, 3.8) is 0 Å². The highest BCUT2D eigenvalue weighted by Gasteiger charge is 2.22. The summed E-state index contributed by atoms with van der Waals surface area (Å²) in [6, 6.07) is 0.812. The predicted octanol–water partition coefficient (Wildman–Crippen LogP) is 1.47. The lowest BCUT2D eigenvalue weighted by atomic mass is 10.0. The summed E-state index contributed by atoms with van der Waals surface area (Å²) in [5, 5.41) is 3.61. The zero-order valence-electron chi connectivity index (χ0n) is 8.76. The van der Waals surface area contributed by atoms with Gasteiger partial charge in [0.05, 0.1) is 0 Å². The lowest BCUT2D eigenvalue weighted by molar-refractivity contribution is 0.181. The number of piperidine rings is 1. The van der Waals surface area contributed by atoms with Crippen molar-refractivity contribution in [2.24, 2.45) is 5.92 Å². The first kappa shape index (κ1) is 9.47. The fourth-order valence-electron chi connectivity index (χ4n) is 2.18. The summed E-state index contributed by atoms with van der Waals surface area (Å²) in [4.78, 5) is 2.52. The number of rotatable bonds is 4. The van der Waals surface area contributed by atoms with Gasteiger partial charge in [0, 0.05) is 12.6 Å². The summed E-state index contributed by atoms with van der Waals surface area (Å²) < 4.78 is 0. The second-order valence-electron chi connectivity index (χ2n) is 4.73. The van der Waals surface area contributed by atoms with Crippen LogP contribution >= 0.6 is 0 Å². The average molecular weight is 182 g/mol. The van der Waals surface area contributed by atoms with E-state index in [0.29, 0.717) is 0 Å². The molecule has 76 valence electrons. The van der Waals surface area contributed by atoms with Crippen molar-refractivity contribution in [1.82, 2.24) is 10.2 Å². The molecular formula is C11H22N2. The molecule has 1 N–H and O–H groups in total. The summed E-state index contributed by atoms with van der Waals surface area (Å²) >= 11 is 0. The number of hydrogen-bond acceptors (Lipinski definition) is 2. The second kappa shape index (κ2) is 4.43. The van der Waals surface area contributed by atoms with Gasteiger partial charge in [-0.25, -0.2) is 0 Å². The van der Waals surface area contributed by atoms with Crippen molar-refractivity contribution >= 4 is 0 Å². The Balaban J connectivity index is 1.60. The Morgan fingerprint density at radius 2 is 2.00 bits per heavy atom. The number of likely N-dealkylation sites (tertiary alicyclic amines) is 1. The van der Waals surface area contributed by atoms with Crippen LogP contribution in [-0.4, -0.2) is 37.6 Å². The largest absolute Gasteiger partial charge is 0.315 e. The molecule has 1 aliphatic carbocycles. The highest BCUT2D eigenvalue weighted by atomic mass is 15.2. The average Bonchev–Trinajstić information content (AvgIpc) is 2.92. The first-order valence-corrected chi connectivity index (χ1v) is 5.77. The molecule has 1 heterocycles. The SMILES string of the molecule is CN1CCCCC1CNCC1CC1. The minimum absolute atomic E-state index is 0.812. The van der Waals surface area contributed by atoms with Crippen molar-refractivity contribution in [1.29, 1.82) is 0 Å². The molecule has 2 nitrogen and oxygen atoms in total. The van der Waals surface area contributed by atoms with E-state index < -0.39 is 0 Å². The summed E-state index contributed by atoms with van der Waals surface area (Å²) in [7, 11) is 2.27. The van der Waals surface area contributed by atoms with Crippen LogP contribution < -0.4 is 5.32 Å². The molecule has 2 fully saturated rings. The summed E-state index contributed by atoms with van der Waals surface area (Å²) in [5.41, 5.74) is 0. The van der Waals surface area contributed by atoms with Crippen molar-refractivity contribution in [3.05, 3.63) is 0 Å². The predicted molar refractivity (Wildman–Crippen MR) is 55.9 cm³/mol. The number of nitrogens with one attached hydrogen (secondary N) is 1. The van der Waals surface area contributed by atoms with Gasteiger partial charge in [-0.2, -0.15) is 0 Å². The van der Waals surface area contributed by atoms with Crippen molar-refractivity contribution in [3.8, 4) is 0 Å². The van der Waals surface area contributed by atoms with E-state index in [4.69, 9.17) is 0 Å². The van der Waals surface area contributed by atoms with E-state index in [0.717, 1.165) is 12.0 Å². The van der Waals surface area contributed by atoms with E-state index in [1.807, 2.05) is 0 Å². The highest BCUT2D eigenvalue weighted by Crippen LogP contribution is 2.27. The summed E-state index contributed by atoms with van der Waals surface area (Å²) in [6.45, 7) is 3.78. The van der Waals surface area contributed by atoms with E-state index >= 15 is 0 Å². The lowest BCUT2D eigenvalue weighted by Crippen LogP contribution is -2.43. The molecule has 2 heteroatoms. The Morgan fingerprint density at radius 3 is 2.69 bits per heavy atom.